The van der Waals surface area contributed by atoms with E-state index in [1.165, 1.54) is 0 Å². The molecule has 0 aromatic rings. The summed E-state index contributed by atoms with van der Waals surface area (Å²) in [5.41, 5.74) is -0.281. The summed E-state index contributed by atoms with van der Waals surface area (Å²) in [5.74, 6) is 3.15. The fraction of sp³-hybridized carbons (Fsp3) is 0.889. The fourth-order valence-electron chi connectivity index (χ4n) is 3.70. The molecule has 0 spiro atoms. The van der Waals surface area contributed by atoms with E-state index in [2.05, 4.69) is 54.5 Å². The lowest BCUT2D eigenvalue weighted by atomic mass is 9.73. The van der Waals surface area contributed by atoms with Crippen LogP contribution in [-0.4, -0.2) is 19.8 Å². The largest absolute Gasteiger partial charge is 0.501 e. The van der Waals surface area contributed by atoms with Gasteiger partial charge < -0.3 is 9.47 Å². The number of methoxy groups -OCH3 is 2. The molecule has 0 aromatic carbocycles. The van der Waals surface area contributed by atoms with Gasteiger partial charge in [-0.2, -0.15) is 0 Å². The summed E-state index contributed by atoms with van der Waals surface area (Å²) in [4.78, 5) is 0. The zero-order valence-corrected chi connectivity index (χ0v) is 15.1. The Morgan fingerprint density at radius 1 is 1.00 bits per heavy atom. The van der Waals surface area contributed by atoms with Crippen LogP contribution in [0.3, 0.4) is 0 Å². The summed E-state index contributed by atoms with van der Waals surface area (Å²) in [7, 11) is 3.59. The maximum absolute atomic E-state index is 5.94. The number of ether oxygens (including phenoxy) is 2. The van der Waals surface area contributed by atoms with Crippen molar-refractivity contribution in [2.24, 2.45) is 23.7 Å². The van der Waals surface area contributed by atoms with Crippen LogP contribution in [0.5, 0.6) is 0 Å². The van der Waals surface area contributed by atoms with E-state index in [0.29, 0.717) is 23.7 Å². The van der Waals surface area contributed by atoms with E-state index in [-0.39, 0.29) is 5.60 Å². The first-order valence-corrected chi connectivity index (χ1v) is 8.09. The van der Waals surface area contributed by atoms with Crippen molar-refractivity contribution >= 4 is 0 Å². The van der Waals surface area contributed by atoms with Gasteiger partial charge in [0, 0.05) is 13.0 Å². The second kappa shape index (κ2) is 8.71. The van der Waals surface area contributed by atoms with Crippen molar-refractivity contribution in [1.82, 2.24) is 0 Å². The second-order valence-corrected chi connectivity index (χ2v) is 6.67. The van der Waals surface area contributed by atoms with Crippen molar-refractivity contribution in [3.63, 3.8) is 0 Å². The van der Waals surface area contributed by atoms with E-state index in [1.54, 1.807) is 7.11 Å². The van der Waals surface area contributed by atoms with Crippen molar-refractivity contribution < 1.29 is 9.47 Å². The highest BCUT2D eigenvalue weighted by Gasteiger charge is 2.37. The molecule has 1 atom stereocenters. The van der Waals surface area contributed by atoms with E-state index in [1.807, 2.05) is 7.11 Å². The van der Waals surface area contributed by atoms with Gasteiger partial charge in [0.05, 0.1) is 18.5 Å². The normalized spacial score (nSPS) is 16.4. The molecule has 0 aromatic heterocycles. The first-order chi connectivity index (χ1) is 9.27. The first kappa shape index (κ1) is 19.5. The van der Waals surface area contributed by atoms with E-state index >= 15 is 0 Å². The van der Waals surface area contributed by atoms with E-state index in [0.717, 1.165) is 18.6 Å². The van der Waals surface area contributed by atoms with E-state index < -0.39 is 0 Å². The lowest BCUT2D eigenvalue weighted by Gasteiger charge is -2.40. The van der Waals surface area contributed by atoms with Gasteiger partial charge in [-0.3, -0.25) is 0 Å². The lowest BCUT2D eigenvalue weighted by molar-refractivity contribution is -0.0413. The van der Waals surface area contributed by atoms with Crippen LogP contribution in [0, 0.1) is 23.7 Å². The molecule has 0 saturated heterocycles. The van der Waals surface area contributed by atoms with Crippen LogP contribution in [0.25, 0.3) is 0 Å². The Morgan fingerprint density at radius 2 is 1.45 bits per heavy atom. The third kappa shape index (κ3) is 4.80. The molecule has 1 unspecified atom stereocenters. The number of allylic oxidation sites excluding steroid dienone is 1. The highest BCUT2D eigenvalue weighted by molar-refractivity contribution is 5.11. The van der Waals surface area contributed by atoms with Gasteiger partial charge in [0.25, 0.3) is 0 Å². The number of hydrogen-bond acceptors (Lipinski definition) is 2. The van der Waals surface area contributed by atoms with Crippen molar-refractivity contribution in [2.75, 3.05) is 14.2 Å². The Kier molecular flexibility index (Phi) is 8.50. The van der Waals surface area contributed by atoms with Crippen molar-refractivity contribution in [2.45, 2.75) is 66.9 Å². The molecule has 0 radical (unpaired) electrons. The zero-order valence-electron chi connectivity index (χ0n) is 15.1. The molecule has 0 aliphatic carbocycles. The maximum atomic E-state index is 5.94. The summed E-state index contributed by atoms with van der Waals surface area (Å²) in [6.07, 6.45) is 4.43. The summed E-state index contributed by atoms with van der Waals surface area (Å²) in [5, 5.41) is 0. The third-order valence-corrected chi connectivity index (χ3v) is 4.59. The van der Waals surface area contributed by atoms with E-state index in [9.17, 15) is 0 Å². The smallest absolute Gasteiger partial charge is 0.0974 e. The Balaban J connectivity index is 5.59. The molecular formula is C18H36O2. The molecule has 2 nitrogen and oxygen atoms in total. The van der Waals surface area contributed by atoms with Crippen LogP contribution in [0.4, 0.5) is 0 Å². The predicted molar refractivity (Wildman–Crippen MR) is 87.7 cm³/mol. The molecule has 0 amide bonds. The van der Waals surface area contributed by atoms with Crippen LogP contribution in [0.1, 0.15) is 61.3 Å². The molecule has 0 rings (SSSR count). The third-order valence-electron chi connectivity index (χ3n) is 4.59. The summed E-state index contributed by atoms with van der Waals surface area (Å²) in [6.45, 7) is 15.7. The predicted octanol–water partition coefficient (Wildman–Crippen LogP) is 5.29. The Bertz CT molecular complexity index is 282. The number of hydrogen-bond donors (Lipinski definition) is 0. The molecule has 120 valence electrons. The molecule has 0 fully saturated rings. The van der Waals surface area contributed by atoms with Crippen LogP contribution < -0.4 is 0 Å². The molecule has 0 aliphatic rings. The van der Waals surface area contributed by atoms with Gasteiger partial charge in [-0.05, 0) is 43.6 Å². The van der Waals surface area contributed by atoms with Crippen LogP contribution in [0.15, 0.2) is 11.8 Å². The van der Waals surface area contributed by atoms with Gasteiger partial charge in [-0.1, -0.05) is 41.5 Å². The topological polar surface area (TPSA) is 18.5 Å². The van der Waals surface area contributed by atoms with Crippen LogP contribution in [0.2, 0.25) is 0 Å². The average Bonchev–Trinajstić information content (AvgIpc) is 2.37. The lowest BCUT2D eigenvalue weighted by Crippen LogP contribution is -2.41. The van der Waals surface area contributed by atoms with Gasteiger partial charge in [-0.25, -0.2) is 0 Å². The van der Waals surface area contributed by atoms with Crippen molar-refractivity contribution in [3.8, 4) is 0 Å². The maximum Gasteiger partial charge on any atom is 0.0974 e. The van der Waals surface area contributed by atoms with E-state index in [4.69, 9.17) is 9.47 Å². The minimum Gasteiger partial charge on any atom is -0.501 e. The Morgan fingerprint density at radius 3 is 1.70 bits per heavy atom. The molecule has 0 bridgehead atoms. The van der Waals surface area contributed by atoms with Gasteiger partial charge >= 0.3 is 0 Å². The summed E-state index contributed by atoms with van der Waals surface area (Å²) in [6, 6.07) is 0. The summed E-state index contributed by atoms with van der Waals surface area (Å²) >= 11 is 0. The fourth-order valence-corrected chi connectivity index (χ4v) is 3.70. The minimum atomic E-state index is -0.281. The standard InChI is InChI=1S/C18H36O2/c1-10-15(11-2)16(19-8)12-18(7,20-9)17(13(3)4)14(5)6/h12-15,17H,10-11H2,1-9H3/b16-12-. The summed E-state index contributed by atoms with van der Waals surface area (Å²) < 4.78 is 11.6. The Hall–Kier alpha value is -0.500. The van der Waals surface area contributed by atoms with Crippen molar-refractivity contribution in [3.05, 3.63) is 11.8 Å². The number of rotatable bonds is 9. The molecule has 0 saturated carbocycles. The monoisotopic (exact) mass is 284 g/mol. The highest BCUT2D eigenvalue weighted by atomic mass is 16.5. The molecule has 0 aliphatic heterocycles. The van der Waals surface area contributed by atoms with Gasteiger partial charge in [-0.15, -0.1) is 0 Å². The van der Waals surface area contributed by atoms with Gasteiger partial charge in [0.1, 0.15) is 0 Å². The van der Waals surface area contributed by atoms with Gasteiger partial charge in [0.2, 0.25) is 0 Å². The SMILES string of the molecule is CCC(CC)/C(=C/C(C)(OC)C(C(C)C)C(C)C)OC. The second-order valence-electron chi connectivity index (χ2n) is 6.67. The quantitative estimate of drug-likeness (QED) is 0.536. The average molecular weight is 284 g/mol. The zero-order chi connectivity index (χ0) is 15.9. The minimum absolute atomic E-state index is 0.281. The molecule has 0 N–H and O–H groups in total. The van der Waals surface area contributed by atoms with Crippen LogP contribution >= 0.6 is 0 Å². The molecule has 20 heavy (non-hydrogen) atoms. The molecular weight excluding hydrogens is 248 g/mol. The van der Waals surface area contributed by atoms with Crippen LogP contribution in [-0.2, 0) is 9.47 Å². The van der Waals surface area contributed by atoms with Crippen molar-refractivity contribution in [1.29, 1.82) is 0 Å². The Labute approximate surface area is 126 Å². The molecule has 0 heterocycles. The molecule has 2 heteroatoms. The highest BCUT2D eigenvalue weighted by Crippen LogP contribution is 2.37. The van der Waals surface area contributed by atoms with Gasteiger partial charge in [0.15, 0.2) is 0 Å². The first-order valence-electron chi connectivity index (χ1n) is 8.09.